The van der Waals surface area contributed by atoms with E-state index in [2.05, 4.69) is 13.0 Å². The number of ether oxygens (including phenoxy) is 2. The number of amides is 1. The summed E-state index contributed by atoms with van der Waals surface area (Å²) in [7, 11) is 0. The highest BCUT2D eigenvalue weighted by Gasteiger charge is 2.30. The molecular formula is C23H21NO3. The standard InChI is InChI=1S/C23H21NO3/c1-17-15-18-7-5-6-10-22(18)24(17)23(25)16-26-19-11-13-21(14-12-19)27-20-8-3-2-4-9-20/h2-14,17H,15-16H2,1H3. The lowest BCUT2D eigenvalue weighted by Crippen LogP contribution is -2.39. The summed E-state index contributed by atoms with van der Waals surface area (Å²) >= 11 is 0. The van der Waals surface area contributed by atoms with Gasteiger partial charge in [0, 0.05) is 11.7 Å². The molecule has 3 aromatic rings. The Bertz CT molecular complexity index is 922. The van der Waals surface area contributed by atoms with Gasteiger partial charge in [0.25, 0.3) is 5.91 Å². The van der Waals surface area contributed by atoms with Crippen molar-refractivity contribution in [3.8, 4) is 17.2 Å². The number of fused-ring (bicyclic) bond motifs is 1. The molecule has 3 aromatic carbocycles. The second kappa shape index (κ2) is 7.54. The van der Waals surface area contributed by atoms with Crippen LogP contribution in [0.5, 0.6) is 17.2 Å². The lowest BCUT2D eigenvalue weighted by Gasteiger charge is -2.22. The van der Waals surface area contributed by atoms with Gasteiger partial charge in [-0.25, -0.2) is 0 Å². The van der Waals surface area contributed by atoms with E-state index in [4.69, 9.17) is 9.47 Å². The van der Waals surface area contributed by atoms with Gasteiger partial charge >= 0.3 is 0 Å². The first kappa shape index (κ1) is 17.2. The Balaban J connectivity index is 1.37. The van der Waals surface area contributed by atoms with Gasteiger partial charge in [-0.15, -0.1) is 0 Å². The number of carbonyl (C=O) groups excluding carboxylic acids is 1. The molecule has 1 aliphatic heterocycles. The van der Waals surface area contributed by atoms with E-state index in [9.17, 15) is 4.79 Å². The average Bonchev–Trinajstić information content (AvgIpc) is 3.04. The first-order valence-electron chi connectivity index (χ1n) is 9.06. The van der Waals surface area contributed by atoms with Crippen LogP contribution in [0.25, 0.3) is 0 Å². The van der Waals surface area contributed by atoms with Gasteiger partial charge in [-0.2, -0.15) is 0 Å². The first-order valence-corrected chi connectivity index (χ1v) is 9.06. The maximum absolute atomic E-state index is 12.7. The Hall–Kier alpha value is -3.27. The Morgan fingerprint density at radius 3 is 2.30 bits per heavy atom. The predicted octanol–water partition coefficient (Wildman–Crippen LogP) is 4.84. The number of carbonyl (C=O) groups is 1. The molecule has 1 amide bonds. The van der Waals surface area contributed by atoms with E-state index in [-0.39, 0.29) is 18.6 Å². The monoisotopic (exact) mass is 359 g/mol. The highest BCUT2D eigenvalue weighted by Crippen LogP contribution is 2.32. The molecular weight excluding hydrogens is 338 g/mol. The molecule has 0 N–H and O–H groups in total. The van der Waals surface area contributed by atoms with Crippen LogP contribution in [0.1, 0.15) is 12.5 Å². The zero-order chi connectivity index (χ0) is 18.6. The van der Waals surface area contributed by atoms with E-state index in [1.54, 1.807) is 0 Å². The molecule has 4 nitrogen and oxygen atoms in total. The quantitative estimate of drug-likeness (QED) is 0.655. The first-order chi connectivity index (χ1) is 13.2. The number of nitrogens with zero attached hydrogens (tertiary/aromatic N) is 1. The number of anilines is 1. The summed E-state index contributed by atoms with van der Waals surface area (Å²) in [5, 5.41) is 0. The summed E-state index contributed by atoms with van der Waals surface area (Å²) in [4.78, 5) is 14.5. The van der Waals surface area contributed by atoms with E-state index in [1.807, 2.05) is 77.7 Å². The number of para-hydroxylation sites is 2. The van der Waals surface area contributed by atoms with Crippen molar-refractivity contribution in [1.29, 1.82) is 0 Å². The van der Waals surface area contributed by atoms with Crippen LogP contribution in [0.2, 0.25) is 0 Å². The Morgan fingerprint density at radius 2 is 1.52 bits per heavy atom. The van der Waals surface area contributed by atoms with Gasteiger partial charge in [0.15, 0.2) is 6.61 Å². The van der Waals surface area contributed by atoms with Crippen LogP contribution in [0, 0.1) is 0 Å². The van der Waals surface area contributed by atoms with Crippen molar-refractivity contribution in [1.82, 2.24) is 0 Å². The largest absolute Gasteiger partial charge is 0.484 e. The molecule has 4 heteroatoms. The average molecular weight is 359 g/mol. The van der Waals surface area contributed by atoms with E-state index >= 15 is 0 Å². The third-order valence-electron chi connectivity index (χ3n) is 4.64. The van der Waals surface area contributed by atoms with Gasteiger partial charge < -0.3 is 14.4 Å². The molecule has 0 bridgehead atoms. The fourth-order valence-corrected chi connectivity index (χ4v) is 3.39. The maximum Gasteiger partial charge on any atom is 0.265 e. The van der Waals surface area contributed by atoms with Crippen LogP contribution < -0.4 is 14.4 Å². The molecule has 0 saturated heterocycles. The molecule has 0 aliphatic carbocycles. The minimum atomic E-state index is -0.0305. The van der Waals surface area contributed by atoms with E-state index < -0.39 is 0 Å². The molecule has 0 fully saturated rings. The van der Waals surface area contributed by atoms with Crippen molar-refractivity contribution in [2.24, 2.45) is 0 Å². The van der Waals surface area contributed by atoms with Crippen LogP contribution in [0.4, 0.5) is 5.69 Å². The molecule has 1 atom stereocenters. The second-order valence-electron chi connectivity index (χ2n) is 6.62. The Morgan fingerprint density at radius 1 is 0.889 bits per heavy atom. The van der Waals surface area contributed by atoms with E-state index in [0.717, 1.165) is 23.6 Å². The third-order valence-corrected chi connectivity index (χ3v) is 4.64. The summed E-state index contributed by atoms with van der Waals surface area (Å²) in [6.07, 6.45) is 0.882. The van der Waals surface area contributed by atoms with Gasteiger partial charge in [-0.1, -0.05) is 36.4 Å². The number of hydrogen-bond donors (Lipinski definition) is 0. The summed E-state index contributed by atoms with van der Waals surface area (Å²) in [6.45, 7) is 2.07. The molecule has 1 unspecified atom stereocenters. The molecule has 0 radical (unpaired) electrons. The van der Waals surface area contributed by atoms with Crippen molar-refractivity contribution in [3.05, 3.63) is 84.4 Å². The summed E-state index contributed by atoms with van der Waals surface area (Å²) in [5.74, 6) is 2.12. The van der Waals surface area contributed by atoms with Crippen molar-refractivity contribution in [3.63, 3.8) is 0 Å². The molecule has 0 spiro atoms. The van der Waals surface area contributed by atoms with E-state index in [0.29, 0.717) is 5.75 Å². The zero-order valence-electron chi connectivity index (χ0n) is 15.2. The van der Waals surface area contributed by atoms with Crippen LogP contribution in [-0.2, 0) is 11.2 Å². The Labute approximate surface area is 159 Å². The van der Waals surface area contributed by atoms with Gasteiger partial charge in [-0.05, 0) is 61.4 Å². The zero-order valence-corrected chi connectivity index (χ0v) is 15.2. The predicted molar refractivity (Wildman–Crippen MR) is 106 cm³/mol. The van der Waals surface area contributed by atoms with Crippen molar-refractivity contribution < 1.29 is 14.3 Å². The van der Waals surface area contributed by atoms with Crippen LogP contribution in [0.3, 0.4) is 0 Å². The minimum Gasteiger partial charge on any atom is -0.484 e. The van der Waals surface area contributed by atoms with Crippen molar-refractivity contribution in [2.45, 2.75) is 19.4 Å². The number of benzene rings is 3. The molecule has 27 heavy (non-hydrogen) atoms. The number of hydrogen-bond acceptors (Lipinski definition) is 3. The van der Waals surface area contributed by atoms with Gasteiger partial charge in [0.1, 0.15) is 17.2 Å². The van der Waals surface area contributed by atoms with Gasteiger partial charge in [-0.3, -0.25) is 4.79 Å². The van der Waals surface area contributed by atoms with Crippen molar-refractivity contribution >= 4 is 11.6 Å². The smallest absolute Gasteiger partial charge is 0.265 e. The van der Waals surface area contributed by atoms with Gasteiger partial charge in [0.05, 0.1) is 0 Å². The summed E-state index contributed by atoms with van der Waals surface area (Å²) in [6, 6.07) is 25.1. The van der Waals surface area contributed by atoms with E-state index in [1.165, 1.54) is 5.56 Å². The minimum absolute atomic E-state index is 0.0115. The van der Waals surface area contributed by atoms with Crippen molar-refractivity contribution in [2.75, 3.05) is 11.5 Å². The topological polar surface area (TPSA) is 38.8 Å². The SMILES string of the molecule is CC1Cc2ccccc2N1C(=O)COc1ccc(Oc2ccccc2)cc1. The lowest BCUT2D eigenvalue weighted by atomic mass is 10.1. The summed E-state index contributed by atoms with van der Waals surface area (Å²) < 4.78 is 11.5. The van der Waals surface area contributed by atoms with Crippen LogP contribution in [0.15, 0.2) is 78.9 Å². The maximum atomic E-state index is 12.7. The number of rotatable bonds is 5. The lowest BCUT2D eigenvalue weighted by molar-refractivity contribution is -0.120. The molecule has 1 aliphatic rings. The second-order valence-corrected chi connectivity index (χ2v) is 6.62. The van der Waals surface area contributed by atoms with Crippen LogP contribution >= 0.6 is 0 Å². The molecule has 0 aromatic heterocycles. The highest BCUT2D eigenvalue weighted by molar-refractivity contribution is 5.97. The Kier molecular flexibility index (Phi) is 4.79. The normalized spacial score (nSPS) is 15.3. The van der Waals surface area contributed by atoms with Gasteiger partial charge in [0.2, 0.25) is 0 Å². The highest BCUT2D eigenvalue weighted by atomic mass is 16.5. The fourth-order valence-electron chi connectivity index (χ4n) is 3.39. The van der Waals surface area contributed by atoms with Crippen LogP contribution in [-0.4, -0.2) is 18.6 Å². The molecule has 4 rings (SSSR count). The summed E-state index contributed by atoms with van der Waals surface area (Å²) in [5.41, 5.74) is 2.20. The third kappa shape index (κ3) is 3.80. The molecule has 1 heterocycles. The molecule has 0 saturated carbocycles. The molecule has 136 valence electrons. The fraction of sp³-hybridized carbons (Fsp3) is 0.174.